The molecular weight excluding hydrogens is 358 g/mol. The SMILES string of the molecule is OC[C@@H]1CCCC2(CCC[C@@H](n3cc(CCOCc4ccccc4)nn3)O2)O1. The van der Waals surface area contributed by atoms with Crippen molar-refractivity contribution in [2.45, 2.75) is 69.7 Å². The van der Waals surface area contributed by atoms with Gasteiger partial charge in [0.1, 0.15) is 0 Å². The summed E-state index contributed by atoms with van der Waals surface area (Å²) in [6.45, 7) is 1.25. The van der Waals surface area contributed by atoms with E-state index >= 15 is 0 Å². The van der Waals surface area contributed by atoms with Crippen LogP contribution in [0.5, 0.6) is 0 Å². The first-order valence-corrected chi connectivity index (χ1v) is 10.3. The molecule has 1 aromatic heterocycles. The van der Waals surface area contributed by atoms with E-state index in [-0.39, 0.29) is 18.9 Å². The van der Waals surface area contributed by atoms with Crippen LogP contribution in [0.15, 0.2) is 36.5 Å². The van der Waals surface area contributed by atoms with E-state index in [1.54, 1.807) is 4.68 Å². The Kier molecular flexibility index (Phi) is 6.36. The van der Waals surface area contributed by atoms with E-state index in [4.69, 9.17) is 14.2 Å². The number of hydrogen-bond donors (Lipinski definition) is 1. The lowest BCUT2D eigenvalue weighted by atomic mass is 9.94. The van der Waals surface area contributed by atoms with Gasteiger partial charge in [-0.15, -0.1) is 5.10 Å². The standard InChI is InChI=1S/C21H29N3O4/c25-15-19-8-4-11-21(27-19)12-5-9-20(28-21)24-14-18(22-23-24)10-13-26-16-17-6-2-1-3-7-17/h1-3,6-7,14,19-20,25H,4-5,8-13,15-16H2/t19-,20-,21?/m0/s1. The average Bonchev–Trinajstić information content (AvgIpc) is 3.21. The van der Waals surface area contributed by atoms with Gasteiger partial charge in [0.05, 0.1) is 37.8 Å². The van der Waals surface area contributed by atoms with Crippen LogP contribution in [0.25, 0.3) is 0 Å². The van der Waals surface area contributed by atoms with E-state index in [9.17, 15) is 5.11 Å². The summed E-state index contributed by atoms with van der Waals surface area (Å²) in [6.07, 6.45) is 7.92. The molecule has 7 nitrogen and oxygen atoms in total. The molecule has 1 unspecified atom stereocenters. The van der Waals surface area contributed by atoms with Crippen molar-refractivity contribution in [1.29, 1.82) is 0 Å². The summed E-state index contributed by atoms with van der Waals surface area (Å²) in [5, 5.41) is 18.0. The Bertz CT molecular complexity index is 734. The lowest BCUT2D eigenvalue weighted by Crippen LogP contribution is -2.47. The topological polar surface area (TPSA) is 78.6 Å². The molecule has 3 heterocycles. The van der Waals surface area contributed by atoms with Crippen molar-refractivity contribution >= 4 is 0 Å². The Labute approximate surface area is 165 Å². The second-order valence-corrected chi connectivity index (χ2v) is 7.67. The molecule has 0 aliphatic carbocycles. The molecule has 2 fully saturated rings. The number of rotatable bonds is 7. The summed E-state index contributed by atoms with van der Waals surface area (Å²) in [7, 11) is 0. The predicted molar refractivity (Wildman–Crippen MR) is 102 cm³/mol. The third-order valence-electron chi connectivity index (χ3n) is 5.50. The van der Waals surface area contributed by atoms with Crippen molar-refractivity contribution in [2.75, 3.05) is 13.2 Å². The van der Waals surface area contributed by atoms with Crippen molar-refractivity contribution in [3.05, 3.63) is 47.8 Å². The minimum Gasteiger partial charge on any atom is -0.394 e. The number of aliphatic hydroxyl groups excluding tert-OH is 1. The summed E-state index contributed by atoms with van der Waals surface area (Å²) in [5.41, 5.74) is 2.06. The minimum atomic E-state index is -0.584. The fraction of sp³-hybridized carbons (Fsp3) is 0.619. The number of aromatic nitrogens is 3. The van der Waals surface area contributed by atoms with Gasteiger partial charge in [-0.3, -0.25) is 0 Å². The predicted octanol–water partition coefficient (Wildman–Crippen LogP) is 2.99. The van der Waals surface area contributed by atoms with E-state index in [0.717, 1.165) is 44.2 Å². The van der Waals surface area contributed by atoms with E-state index in [1.807, 2.05) is 24.4 Å². The van der Waals surface area contributed by atoms with Crippen LogP contribution in [-0.2, 0) is 27.2 Å². The minimum absolute atomic E-state index is 0.0478. The van der Waals surface area contributed by atoms with Crippen molar-refractivity contribution in [1.82, 2.24) is 15.0 Å². The molecule has 3 atom stereocenters. The third kappa shape index (κ3) is 4.78. The van der Waals surface area contributed by atoms with Gasteiger partial charge in [-0.1, -0.05) is 35.5 Å². The first-order chi connectivity index (χ1) is 13.8. The van der Waals surface area contributed by atoms with Crippen LogP contribution in [0, 0.1) is 0 Å². The summed E-state index contributed by atoms with van der Waals surface area (Å²) in [5.74, 6) is -0.584. The second kappa shape index (κ2) is 9.13. The third-order valence-corrected chi connectivity index (χ3v) is 5.50. The summed E-state index contributed by atoms with van der Waals surface area (Å²) in [4.78, 5) is 0. The molecule has 28 heavy (non-hydrogen) atoms. The Morgan fingerprint density at radius 3 is 2.79 bits per heavy atom. The molecule has 2 aliphatic heterocycles. The molecule has 1 aromatic carbocycles. The number of nitrogens with zero attached hydrogens (tertiary/aromatic N) is 3. The Balaban J connectivity index is 1.28. The van der Waals surface area contributed by atoms with Crippen LogP contribution in [0.4, 0.5) is 0 Å². The van der Waals surface area contributed by atoms with Crippen LogP contribution in [0.1, 0.15) is 56.0 Å². The fourth-order valence-electron chi connectivity index (χ4n) is 4.03. The van der Waals surface area contributed by atoms with Gasteiger partial charge in [0.2, 0.25) is 0 Å². The molecule has 0 saturated carbocycles. The Hall–Kier alpha value is -1.80. The van der Waals surface area contributed by atoms with E-state index in [2.05, 4.69) is 22.4 Å². The van der Waals surface area contributed by atoms with E-state index < -0.39 is 5.79 Å². The normalized spacial score (nSPS) is 27.9. The number of hydrogen-bond acceptors (Lipinski definition) is 6. The van der Waals surface area contributed by atoms with Gasteiger partial charge in [0.15, 0.2) is 12.0 Å². The van der Waals surface area contributed by atoms with Gasteiger partial charge in [-0.25, -0.2) is 4.68 Å². The molecule has 4 rings (SSSR count). The number of benzene rings is 1. The van der Waals surface area contributed by atoms with Gasteiger partial charge in [-0.05, 0) is 31.2 Å². The van der Waals surface area contributed by atoms with Gasteiger partial charge < -0.3 is 19.3 Å². The molecule has 2 aromatic rings. The van der Waals surface area contributed by atoms with Gasteiger partial charge in [0, 0.05) is 19.3 Å². The van der Waals surface area contributed by atoms with Gasteiger partial charge in [-0.2, -0.15) is 0 Å². The van der Waals surface area contributed by atoms with Gasteiger partial charge >= 0.3 is 0 Å². The average molecular weight is 387 g/mol. The molecule has 0 amide bonds. The first-order valence-electron chi connectivity index (χ1n) is 10.3. The lowest BCUT2D eigenvalue weighted by Gasteiger charge is -2.45. The van der Waals surface area contributed by atoms with Crippen LogP contribution >= 0.6 is 0 Å². The quantitative estimate of drug-likeness (QED) is 0.736. The molecule has 2 saturated heterocycles. The highest BCUT2D eigenvalue weighted by Crippen LogP contribution is 2.41. The van der Waals surface area contributed by atoms with Crippen LogP contribution in [0.3, 0.4) is 0 Å². The maximum absolute atomic E-state index is 9.45. The van der Waals surface area contributed by atoms with Crippen LogP contribution < -0.4 is 0 Å². The van der Waals surface area contributed by atoms with Crippen molar-refractivity contribution in [2.24, 2.45) is 0 Å². The van der Waals surface area contributed by atoms with E-state index in [0.29, 0.717) is 19.6 Å². The molecule has 0 bridgehead atoms. The number of aliphatic hydroxyl groups is 1. The molecule has 7 heteroatoms. The molecule has 1 N–H and O–H groups in total. The molecule has 2 aliphatic rings. The summed E-state index contributed by atoms with van der Waals surface area (Å²) >= 11 is 0. The second-order valence-electron chi connectivity index (χ2n) is 7.67. The monoisotopic (exact) mass is 387 g/mol. The maximum Gasteiger partial charge on any atom is 0.171 e. The highest BCUT2D eigenvalue weighted by atomic mass is 16.7. The zero-order chi connectivity index (χ0) is 19.2. The largest absolute Gasteiger partial charge is 0.394 e. The van der Waals surface area contributed by atoms with Crippen molar-refractivity contribution in [3.8, 4) is 0 Å². The highest BCUT2D eigenvalue weighted by Gasteiger charge is 2.43. The zero-order valence-electron chi connectivity index (χ0n) is 16.2. The number of ether oxygens (including phenoxy) is 3. The van der Waals surface area contributed by atoms with Crippen molar-refractivity contribution < 1.29 is 19.3 Å². The zero-order valence-corrected chi connectivity index (χ0v) is 16.2. The maximum atomic E-state index is 9.45. The summed E-state index contributed by atoms with van der Waals surface area (Å²) in [6, 6.07) is 10.1. The molecular formula is C21H29N3O4. The van der Waals surface area contributed by atoms with Crippen molar-refractivity contribution in [3.63, 3.8) is 0 Å². The first kappa shape index (κ1) is 19.5. The summed E-state index contributed by atoms with van der Waals surface area (Å²) < 4.78 is 20.0. The van der Waals surface area contributed by atoms with Crippen LogP contribution in [-0.4, -0.2) is 45.2 Å². The molecule has 1 spiro atoms. The van der Waals surface area contributed by atoms with E-state index in [1.165, 1.54) is 5.56 Å². The molecule has 152 valence electrons. The lowest BCUT2D eigenvalue weighted by molar-refractivity contribution is -0.332. The van der Waals surface area contributed by atoms with Gasteiger partial charge in [0.25, 0.3) is 0 Å². The van der Waals surface area contributed by atoms with Crippen LogP contribution in [0.2, 0.25) is 0 Å². The molecule has 0 radical (unpaired) electrons. The smallest absolute Gasteiger partial charge is 0.171 e. The fourth-order valence-corrected chi connectivity index (χ4v) is 4.03. The highest BCUT2D eigenvalue weighted by molar-refractivity contribution is 5.13. The Morgan fingerprint density at radius 2 is 1.96 bits per heavy atom. The Morgan fingerprint density at radius 1 is 1.14 bits per heavy atom.